The molecule has 0 fully saturated rings. The van der Waals surface area contributed by atoms with Gasteiger partial charge in [0.05, 0.1) is 10.0 Å². The quantitative estimate of drug-likeness (QED) is 0.660. The molecule has 0 saturated carbocycles. The number of rotatable bonds is 4. The summed E-state index contributed by atoms with van der Waals surface area (Å²) >= 11 is 11.7. The fraction of sp³-hybridized carbons (Fsp3) is 0.111. The zero-order chi connectivity index (χ0) is 18.0. The van der Waals surface area contributed by atoms with Crippen molar-refractivity contribution in [3.8, 4) is 0 Å². The molecular formula is C18H13Cl2NO4. The van der Waals surface area contributed by atoms with Crippen molar-refractivity contribution in [2.75, 3.05) is 11.9 Å². The van der Waals surface area contributed by atoms with Crippen molar-refractivity contribution in [1.82, 2.24) is 0 Å². The van der Waals surface area contributed by atoms with Crippen LogP contribution in [-0.4, -0.2) is 18.5 Å². The second-order valence-electron chi connectivity index (χ2n) is 5.31. The Morgan fingerprint density at radius 1 is 1.12 bits per heavy atom. The van der Waals surface area contributed by atoms with Crippen LogP contribution in [0, 0.1) is 6.92 Å². The van der Waals surface area contributed by atoms with Crippen molar-refractivity contribution in [2.24, 2.45) is 0 Å². The predicted molar refractivity (Wildman–Crippen MR) is 96.3 cm³/mol. The first-order chi connectivity index (χ1) is 12.0. The molecule has 0 unspecified atom stereocenters. The van der Waals surface area contributed by atoms with Gasteiger partial charge in [0.2, 0.25) is 5.76 Å². The van der Waals surface area contributed by atoms with Gasteiger partial charge in [-0.15, -0.1) is 0 Å². The summed E-state index contributed by atoms with van der Waals surface area (Å²) in [6, 6.07) is 11.9. The molecule has 1 aromatic heterocycles. The highest BCUT2D eigenvalue weighted by Crippen LogP contribution is 2.26. The fourth-order valence-corrected chi connectivity index (χ4v) is 2.63. The van der Waals surface area contributed by atoms with Gasteiger partial charge in [-0.1, -0.05) is 41.4 Å². The molecule has 5 nitrogen and oxygen atoms in total. The first-order valence-corrected chi connectivity index (χ1v) is 8.11. The van der Waals surface area contributed by atoms with E-state index in [9.17, 15) is 9.59 Å². The van der Waals surface area contributed by atoms with Crippen molar-refractivity contribution < 1.29 is 18.7 Å². The van der Waals surface area contributed by atoms with Crippen molar-refractivity contribution >= 4 is 51.7 Å². The minimum absolute atomic E-state index is 0.0866. The maximum atomic E-state index is 12.2. The van der Waals surface area contributed by atoms with Gasteiger partial charge < -0.3 is 14.5 Å². The van der Waals surface area contributed by atoms with E-state index in [0.717, 1.165) is 5.39 Å². The number of carbonyl (C=O) groups excluding carboxylic acids is 2. The summed E-state index contributed by atoms with van der Waals surface area (Å²) in [5.74, 6) is -1.11. The number of hydrogen-bond donors (Lipinski definition) is 1. The summed E-state index contributed by atoms with van der Waals surface area (Å²) in [6.45, 7) is 1.31. The van der Waals surface area contributed by atoms with E-state index < -0.39 is 18.5 Å². The summed E-state index contributed by atoms with van der Waals surface area (Å²) in [5, 5.41) is 4.09. The lowest BCUT2D eigenvalue weighted by molar-refractivity contribution is -0.119. The van der Waals surface area contributed by atoms with Gasteiger partial charge in [-0.3, -0.25) is 4.79 Å². The van der Waals surface area contributed by atoms with Crippen molar-refractivity contribution in [1.29, 1.82) is 0 Å². The Kier molecular flexibility index (Phi) is 4.97. The van der Waals surface area contributed by atoms with Gasteiger partial charge in [0.1, 0.15) is 5.58 Å². The summed E-state index contributed by atoms with van der Waals surface area (Å²) < 4.78 is 10.5. The number of anilines is 1. The van der Waals surface area contributed by atoms with E-state index in [-0.39, 0.29) is 5.76 Å². The fourth-order valence-electron chi connectivity index (χ4n) is 2.34. The lowest BCUT2D eigenvalue weighted by Crippen LogP contribution is -2.21. The maximum absolute atomic E-state index is 12.2. The van der Waals surface area contributed by atoms with Crippen molar-refractivity contribution in [2.45, 2.75) is 6.92 Å². The van der Waals surface area contributed by atoms with Gasteiger partial charge in [0.15, 0.2) is 6.61 Å². The molecular weight excluding hydrogens is 365 g/mol. The Balaban J connectivity index is 1.64. The first-order valence-electron chi connectivity index (χ1n) is 7.36. The minimum atomic E-state index is -0.696. The summed E-state index contributed by atoms with van der Waals surface area (Å²) in [6.07, 6.45) is 0. The zero-order valence-corrected chi connectivity index (χ0v) is 14.6. The Labute approximate surface area is 153 Å². The molecule has 0 spiro atoms. The maximum Gasteiger partial charge on any atom is 0.375 e. The Bertz CT molecular complexity index is 965. The van der Waals surface area contributed by atoms with Crippen LogP contribution < -0.4 is 5.32 Å². The molecule has 1 heterocycles. The number of esters is 1. The molecule has 1 N–H and O–H groups in total. The lowest BCUT2D eigenvalue weighted by Gasteiger charge is -2.07. The van der Waals surface area contributed by atoms with E-state index in [2.05, 4.69) is 5.32 Å². The van der Waals surface area contributed by atoms with Crippen LogP contribution in [0.2, 0.25) is 10.0 Å². The highest BCUT2D eigenvalue weighted by molar-refractivity contribution is 6.42. The summed E-state index contributed by atoms with van der Waals surface area (Å²) in [4.78, 5) is 24.1. The van der Waals surface area contributed by atoms with E-state index in [1.165, 1.54) is 6.07 Å². The Morgan fingerprint density at radius 2 is 1.88 bits per heavy atom. The second-order valence-corrected chi connectivity index (χ2v) is 6.12. The predicted octanol–water partition coefficient (Wildman–Crippen LogP) is 4.84. The molecule has 0 saturated heterocycles. The number of furan rings is 1. The third-order valence-electron chi connectivity index (χ3n) is 3.57. The molecule has 0 aliphatic rings. The number of benzene rings is 2. The number of carbonyl (C=O) groups is 2. The van der Waals surface area contributed by atoms with Crippen LogP contribution in [-0.2, 0) is 9.53 Å². The van der Waals surface area contributed by atoms with Crippen LogP contribution in [0.1, 0.15) is 16.1 Å². The average molecular weight is 378 g/mol. The molecule has 0 bridgehead atoms. The highest BCUT2D eigenvalue weighted by Gasteiger charge is 2.19. The SMILES string of the molecule is Cc1c(C(=O)OCC(=O)Nc2ccc(Cl)c(Cl)c2)oc2ccccc12. The summed E-state index contributed by atoms with van der Waals surface area (Å²) in [7, 11) is 0. The minimum Gasteiger partial charge on any atom is -0.450 e. The second kappa shape index (κ2) is 7.17. The standard InChI is InChI=1S/C18H13Cl2NO4/c1-10-12-4-2-3-5-15(12)25-17(10)18(23)24-9-16(22)21-11-6-7-13(19)14(20)8-11/h2-8H,9H2,1H3,(H,21,22). The normalized spacial score (nSPS) is 10.7. The van der Waals surface area contributed by atoms with Gasteiger partial charge in [-0.25, -0.2) is 4.79 Å². The van der Waals surface area contributed by atoms with E-state index >= 15 is 0 Å². The third kappa shape index (κ3) is 3.78. The molecule has 7 heteroatoms. The van der Waals surface area contributed by atoms with Crippen LogP contribution in [0.4, 0.5) is 5.69 Å². The Morgan fingerprint density at radius 3 is 2.60 bits per heavy atom. The molecule has 0 aliphatic heterocycles. The molecule has 0 aliphatic carbocycles. The van der Waals surface area contributed by atoms with Crippen LogP contribution >= 0.6 is 23.2 Å². The van der Waals surface area contributed by atoms with Gasteiger partial charge in [-0.2, -0.15) is 0 Å². The van der Waals surface area contributed by atoms with Gasteiger partial charge in [0.25, 0.3) is 5.91 Å². The first kappa shape index (κ1) is 17.3. The smallest absolute Gasteiger partial charge is 0.375 e. The number of ether oxygens (including phenoxy) is 1. The van der Waals surface area contributed by atoms with E-state index in [1.807, 2.05) is 18.2 Å². The largest absolute Gasteiger partial charge is 0.450 e. The molecule has 3 aromatic rings. The molecule has 2 aromatic carbocycles. The number of para-hydroxylation sites is 1. The van der Waals surface area contributed by atoms with E-state index in [4.69, 9.17) is 32.4 Å². The van der Waals surface area contributed by atoms with Gasteiger partial charge in [-0.05, 0) is 31.2 Å². The monoisotopic (exact) mass is 377 g/mol. The molecule has 3 rings (SSSR count). The lowest BCUT2D eigenvalue weighted by atomic mass is 10.1. The van der Waals surface area contributed by atoms with E-state index in [1.54, 1.807) is 25.1 Å². The van der Waals surface area contributed by atoms with Crippen molar-refractivity contribution in [3.63, 3.8) is 0 Å². The number of amides is 1. The third-order valence-corrected chi connectivity index (χ3v) is 4.31. The molecule has 1 amide bonds. The molecule has 0 radical (unpaired) electrons. The summed E-state index contributed by atoms with van der Waals surface area (Å²) in [5.41, 5.74) is 1.72. The number of fused-ring (bicyclic) bond motifs is 1. The van der Waals surface area contributed by atoms with Gasteiger partial charge in [0, 0.05) is 16.6 Å². The highest BCUT2D eigenvalue weighted by atomic mass is 35.5. The van der Waals surface area contributed by atoms with Crippen LogP contribution in [0.15, 0.2) is 46.9 Å². The van der Waals surface area contributed by atoms with Gasteiger partial charge >= 0.3 is 5.97 Å². The number of hydrogen-bond acceptors (Lipinski definition) is 4. The van der Waals surface area contributed by atoms with Crippen molar-refractivity contribution in [3.05, 3.63) is 63.8 Å². The zero-order valence-electron chi connectivity index (χ0n) is 13.1. The topological polar surface area (TPSA) is 68.5 Å². The van der Waals surface area contributed by atoms with Crippen LogP contribution in [0.5, 0.6) is 0 Å². The molecule has 25 heavy (non-hydrogen) atoms. The Hall–Kier alpha value is -2.50. The van der Waals surface area contributed by atoms with Crippen LogP contribution in [0.25, 0.3) is 11.0 Å². The molecule has 128 valence electrons. The number of halogens is 2. The molecule has 0 atom stereocenters. The van der Waals surface area contributed by atoms with E-state index in [0.29, 0.717) is 26.9 Å². The number of nitrogens with one attached hydrogen (secondary N) is 1. The number of aryl methyl sites for hydroxylation is 1. The average Bonchev–Trinajstić information content (AvgIpc) is 2.93. The van der Waals surface area contributed by atoms with Crippen LogP contribution in [0.3, 0.4) is 0 Å².